The average Bonchev–Trinajstić information content (AvgIpc) is 3.44. The van der Waals surface area contributed by atoms with Gasteiger partial charge in [0, 0.05) is 17.5 Å². The molecular formula is C20H23ClN2O3S. The molecule has 0 aliphatic heterocycles. The summed E-state index contributed by atoms with van der Waals surface area (Å²) in [5, 5.41) is 3.62. The van der Waals surface area contributed by atoms with Crippen LogP contribution >= 0.6 is 11.6 Å². The summed E-state index contributed by atoms with van der Waals surface area (Å²) in [7, 11) is -3.43. The number of amides is 1. The predicted octanol–water partition coefficient (Wildman–Crippen LogP) is 3.59. The SMILES string of the molecule is C[C@@H](NC(=O)CCc1ccc(S(=O)(=O)NC2CC2)cc1)c1ccc(Cl)cc1. The lowest BCUT2D eigenvalue weighted by atomic mass is 10.1. The maximum Gasteiger partial charge on any atom is 0.240 e. The van der Waals surface area contributed by atoms with Crippen LogP contribution < -0.4 is 10.0 Å². The fourth-order valence-electron chi connectivity index (χ4n) is 2.73. The van der Waals surface area contributed by atoms with E-state index in [1.165, 1.54) is 0 Å². The van der Waals surface area contributed by atoms with Crippen LogP contribution in [-0.4, -0.2) is 20.4 Å². The fraction of sp³-hybridized carbons (Fsp3) is 0.350. The Kier molecular flexibility index (Phi) is 6.19. The molecule has 0 radical (unpaired) electrons. The number of carbonyl (C=O) groups is 1. The van der Waals surface area contributed by atoms with Gasteiger partial charge in [-0.1, -0.05) is 35.9 Å². The first-order chi connectivity index (χ1) is 12.8. The second kappa shape index (κ2) is 8.42. The first kappa shape index (κ1) is 19.9. The highest BCUT2D eigenvalue weighted by Crippen LogP contribution is 2.22. The number of hydrogen-bond acceptors (Lipinski definition) is 3. The lowest BCUT2D eigenvalue weighted by molar-refractivity contribution is -0.121. The molecule has 144 valence electrons. The molecule has 2 aromatic rings. The Hall–Kier alpha value is -1.89. The van der Waals surface area contributed by atoms with E-state index in [4.69, 9.17) is 11.6 Å². The number of sulfonamides is 1. The molecule has 1 amide bonds. The highest BCUT2D eigenvalue weighted by Gasteiger charge is 2.27. The summed E-state index contributed by atoms with van der Waals surface area (Å²) in [5.74, 6) is -0.0513. The van der Waals surface area contributed by atoms with Crippen molar-refractivity contribution in [3.8, 4) is 0 Å². The predicted molar refractivity (Wildman–Crippen MR) is 106 cm³/mol. The van der Waals surface area contributed by atoms with Gasteiger partial charge in [0.1, 0.15) is 0 Å². The summed E-state index contributed by atoms with van der Waals surface area (Å²) in [6.07, 6.45) is 2.70. The standard InChI is InChI=1S/C20H23ClN2O3S/c1-14(16-5-7-17(21)8-6-16)22-20(24)13-4-15-2-11-19(12-3-15)27(25,26)23-18-9-10-18/h2-3,5-8,11-12,14,18,23H,4,9-10,13H2,1H3,(H,22,24)/t14-/m1/s1. The molecule has 1 saturated carbocycles. The van der Waals surface area contributed by atoms with Gasteiger partial charge >= 0.3 is 0 Å². The Morgan fingerprint density at radius 1 is 1.11 bits per heavy atom. The van der Waals surface area contributed by atoms with E-state index < -0.39 is 10.0 Å². The lowest BCUT2D eigenvalue weighted by Crippen LogP contribution is -2.26. The molecule has 0 heterocycles. The van der Waals surface area contributed by atoms with Crippen molar-refractivity contribution in [3.63, 3.8) is 0 Å². The quantitative estimate of drug-likeness (QED) is 0.703. The number of halogens is 1. The molecule has 0 saturated heterocycles. The second-order valence-electron chi connectivity index (χ2n) is 6.88. The van der Waals surface area contributed by atoms with Crippen molar-refractivity contribution in [2.75, 3.05) is 0 Å². The smallest absolute Gasteiger partial charge is 0.240 e. The highest BCUT2D eigenvalue weighted by atomic mass is 35.5. The zero-order valence-corrected chi connectivity index (χ0v) is 16.7. The van der Waals surface area contributed by atoms with Crippen LogP contribution in [0.15, 0.2) is 53.4 Å². The van der Waals surface area contributed by atoms with Crippen LogP contribution in [0.1, 0.15) is 43.4 Å². The van der Waals surface area contributed by atoms with Crippen molar-refractivity contribution < 1.29 is 13.2 Å². The van der Waals surface area contributed by atoms with Gasteiger partial charge in [-0.3, -0.25) is 4.79 Å². The van der Waals surface area contributed by atoms with Crippen molar-refractivity contribution in [1.29, 1.82) is 0 Å². The minimum atomic E-state index is -3.43. The van der Waals surface area contributed by atoms with Crippen molar-refractivity contribution in [3.05, 3.63) is 64.7 Å². The maximum absolute atomic E-state index is 12.2. The molecular weight excluding hydrogens is 384 g/mol. The van der Waals surface area contributed by atoms with Crippen molar-refractivity contribution in [1.82, 2.24) is 10.0 Å². The molecule has 2 N–H and O–H groups in total. The van der Waals surface area contributed by atoms with Gasteiger partial charge in [-0.25, -0.2) is 13.1 Å². The molecule has 5 nitrogen and oxygen atoms in total. The molecule has 27 heavy (non-hydrogen) atoms. The molecule has 3 rings (SSSR count). The third kappa shape index (κ3) is 5.79. The number of benzene rings is 2. The number of hydrogen-bond donors (Lipinski definition) is 2. The van der Waals surface area contributed by atoms with Crippen molar-refractivity contribution in [2.45, 2.75) is 49.6 Å². The van der Waals surface area contributed by atoms with Crippen LogP contribution in [0.2, 0.25) is 5.02 Å². The van der Waals surface area contributed by atoms with Gasteiger partial charge in [0.15, 0.2) is 0 Å². The van der Waals surface area contributed by atoms with E-state index >= 15 is 0 Å². The lowest BCUT2D eigenvalue weighted by Gasteiger charge is -2.14. The molecule has 0 spiro atoms. The Morgan fingerprint density at radius 3 is 2.33 bits per heavy atom. The fourth-order valence-corrected chi connectivity index (χ4v) is 4.16. The zero-order chi connectivity index (χ0) is 19.4. The molecule has 0 unspecified atom stereocenters. The summed E-state index contributed by atoms with van der Waals surface area (Å²) in [6, 6.07) is 14.1. The molecule has 1 fully saturated rings. The van der Waals surface area contributed by atoms with Crippen molar-refractivity contribution in [2.24, 2.45) is 0 Å². The second-order valence-corrected chi connectivity index (χ2v) is 9.03. The number of carbonyl (C=O) groups excluding carboxylic acids is 1. The molecule has 1 atom stereocenters. The third-order valence-corrected chi connectivity index (χ3v) is 6.31. The van der Waals surface area contributed by atoms with E-state index in [1.807, 2.05) is 19.1 Å². The minimum Gasteiger partial charge on any atom is -0.350 e. The number of nitrogens with one attached hydrogen (secondary N) is 2. The summed E-state index contributed by atoms with van der Waals surface area (Å²) in [5.41, 5.74) is 1.92. The molecule has 0 bridgehead atoms. The van der Waals surface area contributed by atoms with Gasteiger partial charge < -0.3 is 5.32 Å². The average molecular weight is 407 g/mol. The van der Waals surface area contributed by atoms with Crippen LogP contribution in [0, 0.1) is 0 Å². The molecule has 0 aromatic heterocycles. The molecule has 1 aliphatic carbocycles. The number of rotatable bonds is 8. The van der Waals surface area contributed by atoms with Crippen LogP contribution in [0.3, 0.4) is 0 Å². The van der Waals surface area contributed by atoms with E-state index in [9.17, 15) is 13.2 Å². The topological polar surface area (TPSA) is 75.3 Å². The summed E-state index contributed by atoms with van der Waals surface area (Å²) < 4.78 is 27.0. The van der Waals surface area contributed by atoms with Crippen LogP contribution in [-0.2, 0) is 21.2 Å². The van der Waals surface area contributed by atoms with E-state index in [-0.39, 0.29) is 22.9 Å². The Bertz CT molecular complexity index is 892. The Labute approximate surface area is 165 Å². The number of aryl methyl sites for hydroxylation is 1. The maximum atomic E-state index is 12.2. The molecule has 7 heteroatoms. The van der Waals surface area contributed by atoms with Gasteiger partial charge in [0.2, 0.25) is 15.9 Å². The van der Waals surface area contributed by atoms with Gasteiger partial charge in [-0.2, -0.15) is 0 Å². The Morgan fingerprint density at radius 2 is 1.74 bits per heavy atom. The van der Waals surface area contributed by atoms with Gasteiger partial charge in [-0.15, -0.1) is 0 Å². The van der Waals surface area contributed by atoms with Gasteiger partial charge in [-0.05, 0) is 61.6 Å². The largest absolute Gasteiger partial charge is 0.350 e. The summed E-state index contributed by atoms with van der Waals surface area (Å²) in [6.45, 7) is 1.92. The van der Waals surface area contributed by atoms with E-state index in [2.05, 4.69) is 10.0 Å². The van der Waals surface area contributed by atoms with Crippen LogP contribution in [0.4, 0.5) is 0 Å². The summed E-state index contributed by atoms with van der Waals surface area (Å²) in [4.78, 5) is 12.4. The van der Waals surface area contributed by atoms with E-state index in [0.29, 0.717) is 17.9 Å². The van der Waals surface area contributed by atoms with Crippen LogP contribution in [0.5, 0.6) is 0 Å². The monoisotopic (exact) mass is 406 g/mol. The normalized spacial score (nSPS) is 15.3. The van der Waals surface area contributed by atoms with Crippen molar-refractivity contribution >= 4 is 27.5 Å². The van der Waals surface area contributed by atoms with Gasteiger partial charge in [0.05, 0.1) is 10.9 Å². The van der Waals surface area contributed by atoms with Gasteiger partial charge in [0.25, 0.3) is 0 Å². The zero-order valence-electron chi connectivity index (χ0n) is 15.1. The van der Waals surface area contributed by atoms with Crippen LogP contribution in [0.25, 0.3) is 0 Å². The minimum absolute atomic E-state index is 0.0513. The first-order valence-electron chi connectivity index (χ1n) is 8.99. The molecule has 1 aliphatic rings. The molecule has 2 aromatic carbocycles. The Balaban J connectivity index is 1.50. The first-order valence-corrected chi connectivity index (χ1v) is 10.9. The highest BCUT2D eigenvalue weighted by molar-refractivity contribution is 7.89. The third-order valence-electron chi connectivity index (χ3n) is 4.52. The van der Waals surface area contributed by atoms with E-state index in [1.54, 1.807) is 36.4 Å². The van der Waals surface area contributed by atoms with E-state index in [0.717, 1.165) is 24.0 Å². The summed E-state index contributed by atoms with van der Waals surface area (Å²) >= 11 is 5.88.